The number of furan rings is 1. The molecule has 120 valence electrons. The highest BCUT2D eigenvalue weighted by molar-refractivity contribution is 6.31. The van der Waals surface area contributed by atoms with Crippen molar-refractivity contribution in [3.8, 4) is 5.75 Å². The molecule has 0 unspecified atom stereocenters. The summed E-state index contributed by atoms with van der Waals surface area (Å²) in [4.78, 5) is 25.1. The molecule has 0 spiro atoms. The van der Waals surface area contributed by atoms with Gasteiger partial charge in [0.05, 0.1) is 12.2 Å². The van der Waals surface area contributed by atoms with Gasteiger partial charge >= 0.3 is 5.97 Å². The van der Waals surface area contributed by atoms with Crippen molar-refractivity contribution in [3.63, 3.8) is 0 Å². The van der Waals surface area contributed by atoms with E-state index in [1.165, 1.54) is 17.0 Å². The maximum Gasteiger partial charge on any atom is 0.371 e. The number of nitrogens with zero attached hydrogens (tertiary/aromatic N) is 1. The molecule has 1 aliphatic heterocycles. The van der Waals surface area contributed by atoms with Crippen molar-refractivity contribution in [1.82, 2.24) is 0 Å². The molecule has 1 amide bonds. The highest BCUT2D eigenvalue weighted by Gasteiger charge is 2.41. The highest BCUT2D eigenvalue weighted by atomic mass is 35.5. The molecule has 0 saturated heterocycles. The van der Waals surface area contributed by atoms with Crippen LogP contribution in [-0.2, 0) is 11.3 Å². The summed E-state index contributed by atoms with van der Waals surface area (Å²) in [7, 11) is 0. The normalized spacial score (nSPS) is 16.0. The first-order chi connectivity index (χ1) is 10.8. The Kier molecular flexibility index (Phi) is 3.56. The van der Waals surface area contributed by atoms with E-state index in [1.807, 2.05) is 0 Å². The molecule has 0 atom stereocenters. The Morgan fingerprint density at radius 1 is 1.30 bits per heavy atom. The average molecular weight is 336 g/mol. The number of carbonyl (C=O) groups excluding carboxylic acids is 1. The summed E-state index contributed by atoms with van der Waals surface area (Å²) in [6, 6.07) is 7.89. The molecule has 1 aromatic heterocycles. The number of hydrogen-bond donors (Lipinski definition) is 1. The SMILES string of the molecule is CC1(C)Oc2ccc(Cl)cc2N(Cc2ccc(C(=O)O)o2)C1=O. The molecule has 0 saturated carbocycles. The van der Waals surface area contributed by atoms with Crippen LogP contribution in [0.4, 0.5) is 5.69 Å². The lowest BCUT2D eigenvalue weighted by Gasteiger charge is -2.38. The zero-order valence-corrected chi connectivity index (χ0v) is 13.3. The Balaban J connectivity index is 2.00. The number of benzene rings is 1. The van der Waals surface area contributed by atoms with Crippen LogP contribution in [0.1, 0.15) is 30.2 Å². The molecule has 3 rings (SSSR count). The Hall–Kier alpha value is -2.47. The van der Waals surface area contributed by atoms with E-state index in [4.69, 9.17) is 25.9 Å². The second kappa shape index (κ2) is 5.31. The van der Waals surface area contributed by atoms with E-state index in [9.17, 15) is 9.59 Å². The number of carbonyl (C=O) groups is 2. The summed E-state index contributed by atoms with van der Waals surface area (Å²) in [5.41, 5.74) is -0.515. The summed E-state index contributed by atoms with van der Waals surface area (Å²) in [5, 5.41) is 9.39. The number of carboxylic acids is 1. The topological polar surface area (TPSA) is 80.0 Å². The van der Waals surface area contributed by atoms with E-state index < -0.39 is 11.6 Å². The van der Waals surface area contributed by atoms with Gasteiger partial charge in [-0.3, -0.25) is 9.69 Å². The van der Waals surface area contributed by atoms with Crippen molar-refractivity contribution < 1.29 is 23.8 Å². The van der Waals surface area contributed by atoms with Gasteiger partial charge in [-0.15, -0.1) is 0 Å². The van der Waals surface area contributed by atoms with Gasteiger partial charge in [0.2, 0.25) is 5.76 Å². The molecule has 0 radical (unpaired) electrons. The van der Waals surface area contributed by atoms with Gasteiger partial charge in [-0.1, -0.05) is 11.6 Å². The number of ether oxygens (including phenoxy) is 1. The number of fused-ring (bicyclic) bond motifs is 1. The minimum absolute atomic E-state index is 0.0895. The molecule has 1 aromatic carbocycles. The monoisotopic (exact) mass is 335 g/mol. The standard InChI is InChI=1S/C16H14ClNO5/c1-16(2)15(21)18(8-10-4-6-13(22-10)14(19)20)11-7-9(17)3-5-12(11)23-16/h3-7H,8H2,1-2H3,(H,19,20). The maximum absolute atomic E-state index is 12.7. The van der Waals surface area contributed by atoms with Crippen LogP contribution in [0.3, 0.4) is 0 Å². The molecule has 1 aliphatic rings. The Morgan fingerprint density at radius 2 is 2.04 bits per heavy atom. The maximum atomic E-state index is 12.7. The van der Waals surface area contributed by atoms with Crippen LogP contribution < -0.4 is 9.64 Å². The van der Waals surface area contributed by atoms with E-state index in [2.05, 4.69) is 0 Å². The predicted molar refractivity (Wildman–Crippen MR) is 83.0 cm³/mol. The lowest BCUT2D eigenvalue weighted by atomic mass is 10.0. The first kappa shape index (κ1) is 15.4. The van der Waals surface area contributed by atoms with Crippen LogP contribution >= 0.6 is 11.6 Å². The third-order valence-corrected chi connectivity index (χ3v) is 3.76. The molecule has 2 heterocycles. The van der Waals surface area contributed by atoms with Crippen molar-refractivity contribution in [2.75, 3.05) is 4.90 Å². The molecule has 0 fully saturated rings. The summed E-state index contributed by atoms with van der Waals surface area (Å²) < 4.78 is 11.0. The molecule has 23 heavy (non-hydrogen) atoms. The number of carboxylic acid groups (broad SMARTS) is 1. The third kappa shape index (κ3) is 2.77. The molecular formula is C16H14ClNO5. The number of aromatic carboxylic acids is 1. The Bertz CT molecular complexity index is 796. The van der Waals surface area contributed by atoms with Crippen LogP contribution in [-0.4, -0.2) is 22.6 Å². The van der Waals surface area contributed by atoms with Gasteiger partial charge in [-0.25, -0.2) is 4.79 Å². The van der Waals surface area contributed by atoms with Gasteiger partial charge in [-0.05, 0) is 44.2 Å². The van der Waals surface area contributed by atoms with Crippen LogP contribution in [0, 0.1) is 0 Å². The largest absolute Gasteiger partial charge is 0.476 e. The summed E-state index contributed by atoms with van der Waals surface area (Å²) in [5.74, 6) is -0.705. The van der Waals surface area contributed by atoms with Gasteiger partial charge in [0.1, 0.15) is 11.5 Å². The number of hydrogen-bond acceptors (Lipinski definition) is 4. The minimum Gasteiger partial charge on any atom is -0.476 e. The van der Waals surface area contributed by atoms with Gasteiger partial charge in [0, 0.05) is 5.02 Å². The average Bonchev–Trinajstić information content (AvgIpc) is 2.93. The molecule has 1 N–H and O–H groups in total. The number of amides is 1. The van der Waals surface area contributed by atoms with E-state index >= 15 is 0 Å². The van der Waals surface area contributed by atoms with Gasteiger partial charge in [-0.2, -0.15) is 0 Å². The lowest BCUT2D eigenvalue weighted by Crippen LogP contribution is -2.52. The number of rotatable bonds is 3. The predicted octanol–water partition coefficient (Wildman–Crippen LogP) is 3.34. The van der Waals surface area contributed by atoms with Gasteiger partial charge in [0.15, 0.2) is 5.60 Å². The quantitative estimate of drug-likeness (QED) is 0.930. The van der Waals surface area contributed by atoms with Crippen molar-refractivity contribution in [2.24, 2.45) is 0 Å². The molecule has 6 nitrogen and oxygen atoms in total. The second-order valence-electron chi connectivity index (χ2n) is 5.69. The van der Waals surface area contributed by atoms with Crippen LogP contribution in [0.15, 0.2) is 34.7 Å². The molecular weight excluding hydrogens is 322 g/mol. The lowest BCUT2D eigenvalue weighted by molar-refractivity contribution is -0.132. The minimum atomic E-state index is -1.16. The fourth-order valence-electron chi connectivity index (χ4n) is 2.43. The molecule has 0 aliphatic carbocycles. The number of anilines is 1. The summed E-state index contributed by atoms with van der Waals surface area (Å²) in [6.45, 7) is 3.43. The zero-order valence-electron chi connectivity index (χ0n) is 12.5. The highest BCUT2D eigenvalue weighted by Crippen LogP contribution is 2.40. The van der Waals surface area contributed by atoms with Crippen LogP contribution in [0.25, 0.3) is 0 Å². The van der Waals surface area contributed by atoms with E-state index in [-0.39, 0.29) is 18.2 Å². The first-order valence-electron chi connectivity index (χ1n) is 6.90. The van der Waals surface area contributed by atoms with E-state index in [1.54, 1.807) is 32.0 Å². The Morgan fingerprint density at radius 3 is 2.70 bits per heavy atom. The zero-order chi connectivity index (χ0) is 16.8. The van der Waals surface area contributed by atoms with Crippen LogP contribution in [0.2, 0.25) is 5.02 Å². The van der Waals surface area contributed by atoms with E-state index in [0.29, 0.717) is 22.2 Å². The molecule has 0 bridgehead atoms. The van der Waals surface area contributed by atoms with Crippen molar-refractivity contribution in [2.45, 2.75) is 26.0 Å². The summed E-state index contributed by atoms with van der Waals surface area (Å²) >= 11 is 6.01. The summed E-state index contributed by atoms with van der Waals surface area (Å²) in [6.07, 6.45) is 0. The molecule has 2 aromatic rings. The number of halogens is 1. The second-order valence-corrected chi connectivity index (χ2v) is 6.12. The van der Waals surface area contributed by atoms with E-state index in [0.717, 1.165) is 0 Å². The third-order valence-electron chi connectivity index (χ3n) is 3.52. The van der Waals surface area contributed by atoms with Gasteiger partial charge < -0.3 is 14.3 Å². The van der Waals surface area contributed by atoms with Crippen molar-refractivity contribution in [1.29, 1.82) is 0 Å². The van der Waals surface area contributed by atoms with Crippen LogP contribution in [0.5, 0.6) is 5.75 Å². The fourth-order valence-corrected chi connectivity index (χ4v) is 2.60. The first-order valence-corrected chi connectivity index (χ1v) is 7.28. The Labute approximate surface area is 137 Å². The van der Waals surface area contributed by atoms with Crippen molar-refractivity contribution in [3.05, 3.63) is 46.9 Å². The fraction of sp³-hybridized carbons (Fsp3) is 0.250. The van der Waals surface area contributed by atoms with Gasteiger partial charge in [0.25, 0.3) is 5.91 Å². The molecule has 7 heteroatoms. The van der Waals surface area contributed by atoms with Crippen molar-refractivity contribution >= 4 is 29.2 Å². The smallest absolute Gasteiger partial charge is 0.371 e.